The number of aryl methyl sites for hydroxylation is 1. The highest BCUT2D eigenvalue weighted by molar-refractivity contribution is 7.09. The van der Waals surface area contributed by atoms with Gasteiger partial charge in [-0.2, -0.15) is 0 Å². The molecule has 3 rings (SSSR count). The maximum atomic E-state index is 12.1. The fourth-order valence-electron chi connectivity index (χ4n) is 2.76. The van der Waals surface area contributed by atoms with Gasteiger partial charge in [0.1, 0.15) is 6.10 Å². The number of urea groups is 1. The highest BCUT2D eigenvalue weighted by Gasteiger charge is 2.30. The minimum absolute atomic E-state index is 0.0129. The molecule has 0 unspecified atom stereocenters. The normalized spacial score (nSPS) is 20.4. The van der Waals surface area contributed by atoms with Crippen LogP contribution in [0.4, 0.5) is 4.79 Å². The van der Waals surface area contributed by atoms with Crippen molar-refractivity contribution in [3.8, 4) is 0 Å². The van der Waals surface area contributed by atoms with E-state index in [2.05, 4.69) is 15.6 Å². The van der Waals surface area contributed by atoms with Crippen molar-refractivity contribution < 1.29 is 9.53 Å². The standard InChI is InChI=1S/C17H21N3O2S/c1-12-19-14(11-23-12)7-9-18-17(21)20-15-8-10-22-16(15)13-5-3-2-4-6-13/h2-6,11,15-16H,7-10H2,1H3,(H2,18,20,21)/t15-,16-/m0/s1. The summed E-state index contributed by atoms with van der Waals surface area (Å²) in [6, 6.07) is 9.90. The Hall–Kier alpha value is -1.92. The molecule has 2 heterocycles. The van der Waals surface area contributed by atoms with Gasteiger partial charge in [-0.25, -0.2) is 9.78 Å². The average molecular weight is 331 g/mol. The molecule has 2 N–H and O–H groups in total. The van der Waals surface area contributed by atoms with Gasteiger partial charge in [0.15, 0.2) is 0 Å². The van der Waals surface area contributed by atoms with Crippen LogP contribution in [0.25, 0.3) is 0 Å². The molecule has 0 radical (unpaired) electrons. The van der Waals surface area contributed by atoms with E-state index in [1.165, 1.54) is 0 Å². The van der Waals surface area contributed by atoms with Crippen LogP contribution >= 0.6 is 11.3 Å². The third-order valence-electron chi connectivity index (χ3n) is 3.87. The van der Waals surface area contributed by atoms with Crippen molar-refractivity contribution in [3.05, 3.63) is 52.0 Å². The van der Waals surface area contributed by atoms with E-state index in [0.29, 0.717) is 13.2 Å². The molecule has 2 atom stereocenters. The van der Waals surface area contributed by atoms with E-state index in [-0.39, 0.29) is 18.2 Å². The van der Waals surface area contributed by atoms with Gasteiger partial charge in [-0.1, -0.05) is 30.3 Å². The van der Waals surface area contributed by atoms with E-state index in [9.17, 15) is 4.79 Å². The quantitative estimate of drug-likeness (QED) is 0.885. The molecule has 122 valence electrons. The second-order valence-corrected chi connectivity index (χ2v) is 6.67. The summed E-state index contributed by atoms with van der Waals surface area (Å²) in [5.74, 6) is 0. The van der Waals surface area contributed by atoms with Crippen molar-refractivity contribution in [3.63, 3.8) is 0 Å². The van der Waals surface area contributed by atoms with Crippen molar-refractivity contribution in [1.29, 1.82) is 0 Å². The summed E-state index contributed by atoms with van der Waals surface area (Å²) < 4.78 is 5.78. The number of ether oxygens (including phenoxy) is 1. The van der Waals surface area contributed by atoms with Crippen LogP contribution in [-0.4, -0.2) is 30.2 Å². The topological polar surface area (TPSA) is 63.2 Å². The van der Waals surface area contributed by atoms with Crippen LogP contribution in [0.5, 0.6) is 0 Å². The zero-order valence-electron chi connectivity index (χ0n) is 13.1. The lowest BCUT2D eigenvalue weighted by atomic mass is 10.0. The van der Waals surface area contributed by atoms with Gasteiger partial charge in [0.2, 0.25) is 0 Å². The Bertz CT molecular complexity index is 644. The van der Waals surface area contributed by atoms with Crippen LogP contribution in [0.15, 0.2) is 35.7 Å². The number of carbonyl (C=O) groups excluding carboxylic acids is 1. The zero-order chi connectivity index (χ0) is 16.1. The van der Waals surface area contributed by atoms with E-state index in [1.54, 1.807) is 11.3 Å². The molecule has 1 aromatic carbocycles. The van der Waals surface area contributed by atoms with E-state index < -0.39 is 0 Å². The first kappa shape index (κ1) is 16.0. The van der Waals surface area contributed by atoms with E-state index >= 15 is 0 Å². The Morgan fingerprint density at radius 1 is 1.39 bits per heavy atom. The molecule has 0 bridgehead atoms. The number of thiazole rings is 1. The van der Waals surface area contributed by atoms with E-state index in [0.717, 1.165) is 29.1 Å². The Balaban J connectivity index is 1.47. The van der Waals surface area contributed by atoms with Gasteiger partial charge in [0, 0.05) is 25.0 Å². The minimum atomic E-state index is -0.145. The molecular formula is C17H21N3O2S. The molecule has 1 aliphatic rings. The van der Waals surface area contributed by atoms with E-state index in [1.807, 2.05) is 42.6 Å². The third-order valence-corrected chi connectivity index (χ3v) is 4.69. The van der Waals surface area contributed by atoms with Gasteiger partial charge in [-0.3, -0.25) is 0 Å². The number of benzene rings is 1. The first-order valence-electron chi connectivity index (χ1n) is 7.84. The number of hydrogen-bond acceptors (Lipinski definition) is 4. The second kappa shape index (κ2) is 7.57. The van der Waals surface area contributed by atoms with Crippen molar-refractivity contribution in [2.24, 2.45) is 0 Å². The van der Waals surface area contributed by atoms with Gasteiger partial charge in [-0.05, 0) is 18.9 Å². The molecule has 6 heteroatoms. The Morgan fingerprint density at radius 3 is 2.96 bits per heavy atom. The van der Waals surface area contributed by atoms with Gasteiger partial charge >= 0.3 is 6.03 Å². The van der Waals surface area contributed by atoms with Crippen molar-refractivity contribution in [1.82, 2.24) is 15.6 Å². The molecule has 1 aromatic heterocycles. The molecule has 2 amide bonds. The summed E-state index contributed by atoms with van der Waals surface area (Å²) in [7, 11) is 0. The summed E-state index contributed by atoms with van der Waals surface area (Å²) >= 11 is 1.63. The molecule has 1 saturated heterocycles. The predicted molar refractivity (Wildman–Crippen MR) is 90.6 cm³/mol. The minimum Gasteiger partial charge on any atom is -0.371 e. The molecule has 2 aromatic rings. The van der Waals surface area contributed by atoms with Crippen molar-refractivity contribution in [2.75, 3.05) is 13.2 Å². The number of hydrogen-bond donors (Lipinski definition) is 2. The number of amides is 2. The largest absolute Gasteiger partial charge is 0.371 e. The lowest BCUT2D eigenvalue weighted by molar-refractivity contribution is 0.0999. The molecule has 0 aliphatic carbocycles. The van der Waals surface area contributed by atoms with Crippen LogP contribution in [-0.2, 0) is 11.2 Å². The Kier molecular flexibility index (Phi) is 5.25. The molecule has 5 nitrogen and oxygen atoms in total. The monoisotopic (exact) mass is 331 g/mol. The molecular weight excluding hydrogens is 310 g/mol. The SMILES string of the molecule is Cc1nc(CCNC(=O)N[C@H]2CCO[C@H]2c2ccccc2)cs1. The highest BCUT2D eigenvalue weighted by atomic mass is 32.1. The second-order valence-electron chi connectivity index (χ2n) is 5.61. The highest BCUT2D eigenvalue weighted by Crippen LogP contribution is 2.28. The Labute approximate surface area is 140 Å². The number of carbonyl (C=O) groups is 1. The molecule has 23 heavy (non-hydrogen) atoms. The number of rotatable bonds is 5. The number of nitrogens with one attached hydrogen (secondary N) is 2. The maximum Gasteiger partial charge on any atom is 0.315 e. The smallest absolute Gasteiger partial charge is 0.315 e. The van der Waals surface area contributed by atoms with Gasteiger partial charge < -0.3 is 15.4 Å². The summed E-state index contributed by atoms with van der Waals surface area (Å²) in [5.41, 5.74) is 2.13. The maximum absolute atomic E-state index is 12.1. The van der Waals surface area contributed by atoms with Crippen LogP contribution in [0, 0.1) is 6.92 Å². The van der Waals surface area contributed by atoms with Gasteiger partial charge in [-0.15, -0.1) is 11.3 Å². The summed E-state index contributed by atoms with van der Waals surface area (Å²) in [5, 5.41) is 9.01. The first-order valence-corrected chi connectivity index (χ1v) is 8.72. The van der Waals surface area contributed by atoms with Gasteiger partial charge in [0.25, 0.3) is 0 Å². The molecule has 1 aliphatic heterocycles. The first-order chi connectivity index (χ1) is 11.2. The lowest BCUT2D eigenvalue weighted by Crippen LogP contribution is -2.43. The molecule has 0 spiro atoms. The fraction of sp³-hybridized carbons (Fsp3) is 0.412. The predicted octanol–water partition coefficient (Wildman–Crippen LogP) is 2.82. The van der Waals surface area contributed by atoms with Crippen LogP contribution < -0.4 is 10.6 Å². The summed E-state index contributed by atoms with van der Waals surface area (Å²) in [4.78, 5) is 16.5. The summed E-state index contributed by atoms with van der Waals surface area (Å²) in [6.07, 6.45) is 1.52. The lowest BCUT2D eigenvalue weighted by Gasteiger charge is -2.20. The molecule has 1 fully saturated rings. The summed E-state index contributed by atoms with van der Waals surface area (Å²) in [6.45, 7) is 3.24. The third kappa shape index (κ3) is 4.30. The average Bonchev–Trinajstić information content (AvgIpc) is 3.17. The number of nitrogens with zero attached hydrogens (tertiary/aromatic N) is 1. The van der Waals surface area contributed by atoms with Gasteiger partial charge in [0.05, 0.1) is 16.7 Å². The van der Waals surface area contributed by atoms with Crippen molar-refractivity contribution in [2.45, 2.75) is 31.9 Å². The van der Waals surface area contributed by atoms with Crippen molar-refractivity contribution >= 4 is 17.4 Å². The van der Waals surface area contributed by atoms with E-state index in [4.69, 9.17) is 4.74 Å². The van der Waals surface area contributed by atoms with Crippen LogP contribution in [0.3, 0.4) is 0 Å². The fourth-order valence-corrected chi connectivity index (χ4v) is 3.40. The zero-order valence-corrected chi connectivity index (χ0v) is 13.9. The number of aromatic nitrogens is 1. The van der Waals surface area contributed by atoms with Crippen LogP contribution in [0.1, 0.15) is 28.8 Å². The van der Waals surface area contributed by atoms with Crippen LogP contribution in [0.2, 0.25) is 0 Å². The Morgan fingerprint density at radius 2 is 2.22 bits per heavy atom. The molecule has 0 saturated carbocycles.